The third-order valence-electron chi connectivity index (χ3n) is 12.1. The first-order valence-electron chi connectivity index (χ1n) is 21.1. The molecule has 294 valence electrons. The van der Waals surface area contributed by atoms with E-state index in [-0.39, 0.29) is 5.41 Å². The summed E-state index contributed by atoms with van der Waals surface area (Å²) in [6, 6.07) is 33.4. The van der Waals surface area contributed by atoms with Crippen molar-refractivity contribution in [1.29, 1.82) is 0 Å². The van der Waals surface area contributed by atoms with Crippen molar-refractivity contribution < 1.29 is 8.98 Å². The van der Waals surface area contributed by atoms with E-state index in [1.807, 2.05) is 0 Å². The van der Waals surface area contributed by atoms with Crippen molar-refractivity contribution in [3.8, 4) is 17.1 Å². The molecule has 0 N–H and O–H groups in total. The molecule has 4 heterocycles. The molecule has 0 amide bonds. The summed E-state index contributed by atoms with van der Waals surface area (Å²) in [6.07, 6.45) is 10.1. The van der Waals surface area contributed by atoms with Gasteiger partial charge in [0.25, 0.3) is 0 Å². The van der Waals surface area contributed by atoms with Crippen molar-refractivity contribution >= 4 is 57.5 Å². The molecule has 1 aliphatic rings. The Morgan fingerprint density at radius 3 is 2.33 bits per heavy atom. The molecule has 0 saturated carbocycles. The van der Waals surface area contributed by atoms with Gasteiger partial charge in [0.1, 0.15) is 22.5 Å². The first-order valence-corrected chi connectivity index (χ1v) is 24.6. The van der Waals surface area contributed by atoms with Crippen LogP contribution in [-0.2, 0) is 11.8 Å². The van der Waals surface area contributed by atoms with Crippen LogP contribution in [0.5, 0.6) is 0 Å². The average Bonchev–Trinajstić information content (AvgIpc) is 3.70. The number of aryl methyl sites for hydroxylation is 1. The highest BCUT2D eigenvalue weighted by Crippen LogP contribution is 2.43. The third-order valence-corrected chi connectivity index (χ3v) is 14.3. The summed E-state index contributed by atoms with van der Waals surface area (Å²) in [7, 11) is -1.53. The summed E-state index contributed by atoms with van der Waals surface area (Å²) in [5, 5.41) is 3.68. The fraction of sp³-hybridized carbons (Fsp3) is 0.283. The minimum atomic E-state index is -1.53. The van der Waals surface area contributed by atoms with Crippen molar-refractivity contribution in [1.82, 2.24) is 9.55 Å². The number of aromatic nitrogens is 3. The van der Waals surface area contributed by atoms with Gasteiger partial charge in [0.05, 0.1) is 13.8 Å². The lowest BCUT2D eigenvalue weighted by atomic mass is 9.87. The molecule has 7 aromatic rings. The second-order valence-corrected chi connectivity index (χ2v) is 23.3. The Labute approximate surface area is 346 Å². The zero-order valence-electron chi connectivity index (χ0n) is 36.2. The van der Waals surface area contributed by atoms with Crippen molar-refractivity contribution in [3.05, 3.63) is 155 Å². The Morgan fingerprint density at radius 1 is 0.914 bits per heavy atom. The number of fused-ring (bicyclic) bond motifs is 9. The average molecular weight is 781 g/mol. The predicted octanol–water partition coefficient (Wildman–Crippen LogP) is 13.6. The van der Waals surface area contributed by atoms with Crippen LogP contribution >= 0.6 is 0 Å². The van der Waals surface area contributed by atoms with Crippen LogP contribution in [0.15, 0.2) is 137 Å². The molecule has 3 aromatic heterocycles. The topological polar surface area (TPSA) is 34.8 Å². The van der Waals surface area contributed by atoms with Crippen molar-refractivity contribution in [2.75, 3.05) is 0 Å². The smallest absolute Gasteiger partial charge is 0.304 e. The predicted molar refractivity (Wildman–Crippen MR) is 250 cm³/mol. The normalized spacial score (nSPS) is 14.0. The van der Waals surface area contributed by atoms with E-state index in [1.165, 1.54) is 49.8 Å². The van der Waals surface area contributed by atoms with E-state index in [4.69, 9.17) is 16.0 Å². The molecule has 0 fully saturated rings. The molecular formula is C53H58N3OSi+. The van der Waals surface area contributed by atoms with Gasteiger partial charge in [-0.2, -0.15) is 9.13 Å². The summed E-state index contributed by atoms with van der Waals surface area (Å²) >= 11 is 0. The highest BCUT2D eigenvalue weighted by molar-refractivity contribution is 6.89. The summed E-state index contributed by atoms with van der Waals surface area (Å²) < 4.78 is 11.9. The summed E-state index contributed by atoms with van der Waals surface area (Å²) in [5.74, 6) is 1.12. The highest BCUT2D eigenvalue weighted by Gasteiger charge is 2.37. The Bertz CT molecular complexity index is 2840. The first-order chi connectivity index (χ1) is 27.7. The summed E-state index contributed by atoms with van der Waals surface area (Å²) in [4.78, 5) is 5.07. The van der Waals surface area contributed by atoms with Crippen LogP contribution in [0.25, 0.3) is 61.3 Å². The minimum Gasteiger partial charge on any atom is -0.455 e. The number of rotatable bonds is 9. The maximum Gasteiger partial charge on any atom is 0.304 e. The fourth-order valence-electron chi connectivity index (χ4n) is 8.99. The Kier molecular flexibility index (Phi) is 10.2. The van der Waals surface area contributed by atoms with Gasteiger partial charge >= 0.3 is 5.82 Å². The van der Waals surface area contributed by atoms with Gasteiger partial charge in [-0.25, -0.2) is 0 Å². The molecule has 0 saturated heterocycles. The van der Waals surface area contributed by atoms with Gasteiger partial charge in [0.2, 0.25) is 0 Å². The van der Waals surface area contributed by atoms with Crippen LogP contribution in [0.1, 0.15) is 83.2 Å². The largest absolute Gasteiger partial charge is 0.455 e. The maximum atomic E-state index is 6.91. The molecule has 8 rings (SSSR count). The van der Waals surface area contributed by atoms with E-state index in [2.05, 4.69) is 187 Å². The zero-order chi connectivity index (χ0) is 41.1. The quantitative estimate of drug-likeness (QED) is 0.0831. The lowest BCUT2D eigenvalue weighted by molar-refractivity contribution is -0.542. The molecule has 0 radical (unpaired) electrons. The van der Waals surface area contributed by atoms with Gasteiger partial charge < -0.3 is 4.42 Å². The zero-order valence-corrected chi connectivity index (χ0v) is 37.2. The highest BCUT2D eigenvalue weighted by atomic mass is 28.3. The van der Waals surface area contributed by atoms with Gasteiger partial charge in [0, 0.05) is 29.0 Å². The third kappa shape index (κ3) is 6.83. The fourth-order valence-corrected chi connectivity index (χ4v) is 10.7. The van der Waals surface area contributed by atoms with Crippen LogP contribution in [0, 0.1) is 6.92 Å². The summed E-state index contributed by atoms with van der Waals surface area (Å²) in [6.45, 7) is 27.8. The molecule has 4 aromatic carbocycles. The molecule has 0 spiro atoms. The number of allylic oxidation sites excluding steroid dienone is 7. The number of hydrogen-bond acceptors (Lipinski definition) is 2. The van der Waals surface area contributed by atoms with Crippen LogP contribution in [0.2, 0.25) is 19.6 Å². The van der Waals surface area contributed by atoms with Crippen molar-refractivity contribution in [3.63, 3.8) is 0 Å². The molecule has 0 unspecified atom stereocenters. The molecule has 0 atom stereocenters. The van der Waals surface area contributed by atoms with Gasteiger partial charge in [-0.15, -0.1) is 0 Å². The number of furan rings is 1. The van der Waals surface area contributed by atoms with Crippen molar-refractivity contribution in [2.45, 2.75) is 99.2 Å². The maximum absolute atomic E-state index is 6.91. The molecule has 1 aliphatic heterocycles. The SMILES string of the molecule is C=C(C(/C=C\CC)=C(CC)CC1=C(C)Cc2ccc3c(oc4ccccc43)c2-c2n(-c3ccc(C(C)(C)C)cc3)c3ccccc3[n+]21)c1cc(C)c([Si](C)(C)C)cn1. The molecule has 0 aliphatic carbocycles. The standard InChI is InChI=1S/C53H58N3OSi/c1-12-14-19-41(36(5)44-31-35(4)49(33-54-44)58(9,10)11)37(13-2)32-47-34(3)30-38-24-29-43-42-20-15-18-23-48(42)57-51(43)50(38)52-55(45-21-16-17-22-46(45)56(47)52)40-27-25-39(26-28-40)53(6,7)8/h14-29,31,33H,5,12-13,30,32H2,1-4,6-11H3/q+1/b19-14-,41-37?. The van der Waals surface area contributed by atoms with E-state index < -0.39 is 8.07 Å². The second-order valence-electron chi connectivity index (χ2n) is 18.2. The minimum absolute atomic E-state index is 0.0460. The summed E-state index contributed by atoms with van der Waals surface area (Å²) in [5.41, 5.74) is 17.5. The number of nitrogens with zero attached hydrogens (tertiary/aromatic N) is 3. The van der Waals surface area contributed by atoms with Gasteiger partial charge in [-0.1, -0.05) is 133 Å². The molecule has 58 heavy (non-hydrogen) atoms. The van der Waals surface area contributed by atoms with Gasteiger partial charge in [0.15, 0.2) is 16.6 Å². The van der Waals surface area contributed by atoms with Crippen LogP contribution in [0.4, 0.5) is 0 Å². The molecule has 5 heteroatoms. The van der Waals surface area contributed by atoms with E-state index in [0.29, 0.717) is 0 Å². The van der Waals surface area contributed by atoms with Gasteiger partial charge in [-0.05, 0) is 108 Å². The molecule has 0 bridgehead atoms. The molecule has 4 nitrogen and oxygen atoms in total. The number of para-hydroxylation sites is 3. The number of benzene rings is 4. The van der Waals surface area contributed by atoms with E-state index in [9.17, 15) is 0 Å². The molecular weight excluding hydrogens is 723 g/mol. The Hall–Kier alpha value is -5.52. The number of pyridine rings is 1. The Morgan fingerprint density at radius 2 is 1.64 bits per heavy atom. The second kappa shape index (κ2) is 15.0. The van der Waals surface area contributed by atoms with Crippen LogP contribution < -0.4 is 9.75 Å². The van der Waals surface area contributed by atoms with Crippen LogP contribution in [0.3, 0.4) is 0 Å². The Balaban J connectivity index is 1.41. The number of imidazole rings is 1. The lowest BCUT2D eigenvalue weighted by Gasteiger charge is -2.21. The van der Waals surface area contributed by atoms with Gasteiger partial charge in [-0.3, -0.25) is 4.98 Å². The van der Waals surface area contributed by atoms with E-state index in [1.54, 1.807) is 0 Å². The number of hydrogen-bond donors (Lipinski definition) is 0. The van der Waals surface area contributed by atoms with Crippen molar-refractivity contribution in [2.24, 2.45) is 0 Å². The monoisotopic (exact) mass is 780 g/mol. The van der Waals surface area contributed by atoms with E-state index >= 15 is 0 Å². The first kappa shape index (κ1) is 39.3. The van der Waals surface area contributed by atoms with E-state index in [0.717, 1.165) is 81.5 Å². The lowest BCUT2D eigenvalue weighted by Crippen LogP contribution is -2.39. The van der Waals surface area contributed by atoms with Crippen LogP contribution in [-0.4, -0.2) is 17.6 Å².